The number of nitrogens with one attached hydrogen (secondary N) is 2. The van der Waals surface area contributed by atoms with Crippen LogP contribution in [0.5, 0.6) is 0 Å². The largest absolute Gasteiger partial charge is 0.357 e. The lowest BCUT2D eigenvalue weighted by Gasteiger charge is -2.13. The third-order valence-electron chi connectivity index (χ3n) is 3.07. The Labute approximate surface area is 145 Å². The number of aromatic nitrogens is 3. The Morgan fingerprint density at radius 1 is 1.33 bits per heavy atom. The van der Waals surface area contributed by atoms with Crippen molar-refractivity contribution in [3.8, 4) is 0 Å². The van der Waals surface area contributed by atoms with Crippen molar-refractivity contribution < 1.29 is 13.2 Å². The maximum absolute atomic E-state index is 12.1. The molecule has 1 amide bonds. The van der Waals surface area contributed by atoms with Gasteiger partial charge in [-0.2, -0.15) is 5.10 Å². The fourth-order valence-corrected chi connectivity index (χ4v) is 2.42. The molecule has 0 saturated heterocycles. The molecule has 2 heterocycles. The van der Waals surface area contributed by atoms with Crippen molar-refractivity contribution >= 4 is 39.0 Å². The molecule has 130 valence electrons. The van der Waals surface area contributed by atoms with Gasteiger partial charge in [0.1, 0.15) is 27.5 Å². The summed E-state index contributed by atoms with van der Waals surface area (Å²) in [5.74, 6) is 0.606. The first-order valence-corrected chi connectivity index (χ1v) is 9.57. The van der Waals surface area contributed by atoms with E-state index in [2.05, 4.69) is 20.7 Å². The number of halogens is 1. The average Bonchev–Trinajstić information content (AvgIpc) is 2.94. The lowest BCUT2D eigenvalue weighted by molar-refractivity contribution is -0.116. The number of hydrogen-bond acceptors (Lipinski definition) is 6. The van der Waals surface area contributed by atoms with Crippen molar-refractivity contribution in [2.24, 2.45) is 0 Å². The zero-order valence-electron chi connectivity index (χ0n) is 13.2. The highest BCUT2D eigenvalue weighted by Gasteiger charge is 2.14. The fraction of sp³-hybridized carbons (Fsp3) is 0.357. The van der Waals surface area contributed by atoms with Gasteiger partial charge in [-0.05, 0) is 19.1 Å². The summed E-state index contributed by atoms with van der Waals surface area (Å²) in [5.41, 5.74) is 0. The molecular formula is C14H18ClN5O3S. The summed E-state index contributed by atoms with van der Waals surface area (Å²) in [7, 11) is -3.05. The molecule has 0 aliphatic heterocycles. The number of carbonyl (C=O) groups is 1. The van der Waals surface area contributed by atoms with Crippen LogP contribution in [0.3, 0.4) is 0 Å². The van der Waals surface area contributed by atoms with Crippen molar-refractivity contribution in [1.29, 1.82) is 0 Å². The molecule has 0 spiro atoms. The first-order chi connectivity index (χ1) is 11.2. The monoisotopic (exact) mass is 371 g/mol. The number of nitrogens with zero attached hydrogens (tertiary/aromatic N) is 3. The Bertz CT molecular complexity index is 804. The number of aryl methyl sites for hydroxylation is 1. The molecule has 0 saturated carbocycles. The molecule has 0 aromatic carbocycles. The van der Waals surface area contributed by atoms with Gasteiger partial charge in [0.15, 0.2) is 0 Å². The van der Waals surface area contributed by atoms with Gasteiger partial charge in [-0.1, -0.05) is 11.6 Å². The summed E-state index contributed by atoms with van der Waals surface area (Å²) in [6.45, 7) is 1.94. The van der Waals surface area contributed by atoms with Crippen molar-refractivity contribution in [2.45, 2.75) is 19.5 Å². The van der Waals surface area contributed by atoms with Crippen molar-refractivity contribution in [3.05, 3.63) is 35.6 Å². The lowest BCUT2D eigenvalue weighted by atomic mass is 10.3. The van der Waals surface area contributed by atoms with Crippen LogP contribution < -0.4 is 10.6 Å². The molecule has 0 aliphatic rings. The van der Waals surface area contributed by atoms with Crippen LogP contribution in [-0.4, -0.2) is 47.1 Å². The number of hydrogen-bond donors (Lipinski definition) is 2. The quantitative estimate of drug-likeness (QED) is 0.762. The van der Waals surface area contributed by atoms with Gasteiger partial charge < -0.3 is 10.6 Å². The molecule has 24 heavy (non-hydrogen) atoms. The Morgan fingerprint density at radius 2 is 2.08 bits per heavy atom. The molecule has 1 atom stereocenters. The van der Waals surface area contributed by atoms with Gasteiger partial charge in [0.05, 0.1) is 17.3 Å². The van der Waals surface area contributed by atoms with Crippen molar-refractivity contribution in [3.63, 3.8) is 0 Å². The molecule has 1 unspecified atom stereocenters. The minimum absolute atomic E-state index is 0.00635. The average molecular weight is 372 g/mol. The number of rotatable bonds is 7. The van der Waals surface area contributed by atoms with Crippen LogP contribution in [0.15, 0.2) is 30.6 Å². The topological polar surface area (TPSA) is 106 Å². The highest BCUT2D eigenvalue weighted by Crippen LogP contribution is 2.11. The first kappa shape index (κ1) is 18.2. The second-order valence-electron chi connectivity index (χ2n) is 5.31. The summed E-state index contributed by atoms with van der Waals surface area (Å²) in [5, 5.41) is 10.3. The summed E-state index contributed by atoms with van der Waals surface area (Å²) in [6.07, 6.45) is 4.27. The van der Waals surface area contributed by atoms with Gasteiger partial charge >= 0.3 is 0 Å². The smallest absolute Gasteiger partial charge is 0.247 e. The predicted octanol–water partition coefficient (Wildman–Crippen LogP) is 1.42. The third-order valence-corrected chi connectivity index (χ3v) is 4.22. The van der Waals surface area contributed by atoms with Gasteiger partial charge in [-0.15, -0.1) is 0 Å². The predicted molar refractivity (Wildman–Crippen MR) is 92.9 cm³/mol. The molecule has 2 rings (SSSR count). The van der Waals surface area contributed by atoms with Crippen molar-refractivity contribution in [1.82, 2.24) is 14.8 Å². The van der Waals surface area contributed by atoms with Gasteiger partial charge in [-0.25, -0.2) is 13.4 Å². The molecule has 0 bridgehead atoms. The molecule has 0 fully saturated rings. The van der Waals surface area contributed by atoms with E-state index in [4.69, 9.17) is 11.6 Å². The molecule has 10 heteroatoms. The number of sulfone groups is 1. The zero-order valence-corrected chi connectivity index (χ0v) is 14.8. The molecule has 8 nitrogen and oxygen atoms in total. The van der Waals surface area contributed by atoms with Gasteiger partial charge in [0.2, 0.25) is 5.91 Å². The van der Waals surface area contributed by atoms with Crippen LogP contribution in [0.4, 0.5) is 11.6 Å². The first-order valence-electron chi connectivity index (χ1n) is 7.13. The minimum Gasteiger partial charge on any atom is -0.357 e. The summed E-state index contributed by atoms with van der Waals surface area (Å²) >= 11 is 5.74. The Hall–Kier alpha value is -2.13. The maximum atomic E-state index is 12.1. The van der Waals surface area contributed by atoms with E-state index in [1.165, 1.54) is 17.1 Å². The summed E-state index contributed by atoms with van der Waals surface area (Å²) in [6, 6.07) is 4.35. The van der Waals surface area contributed by atoms with Crippen LogP contribution in [0, 0.1) is 0 Å². The molecule has 0 aliphatic carbocycles. The van der Waals surface area contributed by atoms with Crippen LogP contribution in [-0.2, 0) is 21.2 Å². The van der Waals surface area contributed by atoms with E-state index in [0.29, 0.717) is 16.7 Å². The van der Waals surface area contributed by atoms with Crippen LogP contribution in [0.25, 0.3) is 0 Å². The number of carbonyl (C=O) groups excluding carboxylic acids is 1. The summed E-state index contributed by atoms with van der Waals surface area (Å²) in [4.78, 5) is 16.1. The third kappa shape index (κ3) is 5.82. The van der Waals surface area contributed by atoms with Crippen LogP contribution >= 0.6 is 11.6 Å². The van der Waals surface area contributed by atoms with E-state index in [1.807, 2.05) is 0 Å². The second kappa shape index (κ2) is 7.63. The van der Waals surface area contributed by atoms with E-state index in [1.54, 1.807) is 31.3 Å². The van der Waals surface area contributed by atoms with Crippen molar-refractivity contribution in [2.75, 3.05) is 22.6 Å². The van der Waals surface area contributed by atoms with E-state index < -0.39 is 15.9 Å². The van der Waals surface area contributed by atoms with Gasteiger partial charge in [0.25, 0.3) is 0 Å². The normalized spacial score (nSPS) is 12.6. The van der Waals surface area contributed by atoms with E-state index >= 15 is 0 Å². The van der Waals surface area contributed by atoms with Gasteiger partial charge in [-0.3, -0.25) is 9.48 Å². The maximum Gasteiger partial charge on any atom is 0.247 e. The second-order valence-corrected chi connectivity index (χ2v) is 8.01. The van der Waals surface area contributed by atoms with E-state index in [-0.39, 0.29) is 18.2 Å². The molecular weight excluding hydrogens is 354 g/mol. The lowest BCUT2D eigenvalue weighted by Crippen LogP contribution is -2.32. The molecule has 2 N–H and O–H groups in total. The Morgan fingerprint density at radius 3 is 2.71 bits per heavy atom. The number of pyridine rings is 1. The fourth-order valence-electron chi connectivity index (χ4n) is 1.79. The van der Waals surface area contributed by atoms with E-state index in [9.17, 15) is 13.2 Å². The van der Waals surface area contributed by atoms with Crippen LogP contribution in [0.1, 0.15) is 6.92 Å². The molecule has 2 aromatic rings. The standard InChI is InChI=1S/C14H18ClN5O3S/c1-10(14(21)18-12-4-3-11(15)9-16-12)17-13-5-6-20(19-13)7-8-24(2,22)23/h3-6,9-10H,7-8H2,1-2H3,(H,17,19)(H,16,18,21). The SMILES string of the molecule is CC(Nc1ccn(CCS(C)(=O)=O)n1)C(=O)Nc1ccc(Cl)cn1. The highest BCUT2D eigenvalue weighted by molar-refractivity contribution is 7.90. The van der Waals surface area contributed by atoms with Gasteiger partial charge in [0, 0.05) is 24.7 Å². The number of amides is 1. The summed E-state index contributed by atoms with van der Waals surface area (Å²) < 4.78 is 23.8. The Kier molecular flexibility index (Phi) is 5.79. The highest BCUT2D eigenvalue weighted by atomic mass is 35.5. The minimum atomic E-state index is -3.05. The van der Waals surface area contributed by atoms with Crippen LogP contribution in [0.2, 0.25) is 5.02 Å². The molecule has 0 radical (unpaired) electrons. The zero-order chi connectivity index (χ0) is 17.7. The molecule has 2 aromatic heterocycles. The Balaban J connectivity index is 1.89. The van der Waals surface area contributed by atoms with E-state index in [0.717, 1.165) is 0 Å². The number of anilines is 2.